The predicted octanol–water partition coefficient (Wildman–Crippen LogP) is 3.35. The monoisotopic (exact) mass is 464 g/mol. The standard InChI is InChI=1S/C27H36N4O3/c1-17(25(33)30-15-19-7-5-4-6-8-19)20-9-11-27(3)12-10-21(18(2)23(27)24(20)32)31-26(34)22-16-28-13-14-29-22/h4-8,13-14,16-18,20-21,23-24,32H,9-12,15H2,1-3H3,(H,30,33)(H,31,34)/t17-,18-,20+,21-,23+,24-,27+/m0/s1. The molecule has 7 nitrogen and oxygen atoms in total. The van der Waals surface area contributed by atoms with Crippen molar-refractivity contribution in [3.05, 3.63) is 60.2 Å². The maximum Gasteiger partial charge on any atom is 0.271 e. The number of aliphatic hydroxyl groups excluding tert-OH is 1. The Kier molecular flexibility index (Phi) is 7.31. The van der Waals surface area contributed by atoms with Gasteiger partial charge in [-0.3, -0.25) is 14.6 Å². The number of benzene rings is 1. The zero-order valence-corrected chi connectivity index (χ0v) is 20.3. The molecule has 4 rings (SSSR count). The molecule has 0 spiro atoms. The van der Waals surface area contributed by atoms with Gasteiger partial charge in [0.15, 0.2) is 0 Å². The van der Waals surface area contributed by atoms with Crippen LogP contribution in [0.4, 0.5) is 0 Å². The number of carbonyl (C=O) groups is 2. The van der Waals surface area contributed by atoms with Gasteiger partial charge in [0.05, 0.1) is 12.3 Å². The number of aromatic nitrogens is 2. The van der Waals surface area contributed by atoms with E-state index in [9.17, 15) is 14.7 Å². The Morgan fingerprint density at radius 3 is 2.62 bits per heavy atom. The van der Waals surface area contributed by atoms with Crippen molar-refractivity contribution in [1.82, 2.24) is 20.6 Å². The molecule has 1 aromatic heterocycles. The molecule has 2 saturated carbocycles. The third-order valence-corrected chi connectivity index (χ3v) is 8.37. The number of hydrogen-bond donors (Lipinski definition) is 3. The quantitative estimate of drug-likeness (QED) is 0.608. The van der Waals surface area contributed by atoms with E-state index in [2.05, 4.69) is 34.4 Å². The molecule has 7 atom stereocenters. The Labute approximate surface area is 201 Å². The van der Waals surface area contributed by atoms with E-state index in [1.165, 1.54) is 12.4 Å². The van der Waals surface area contributed by atoms with Crippen molar-refractivity contribution in [2.24, 2.45) is 29.1 Å². The Morgan fingerprint density at radius 1 is 1.18 bits per heavy atom. The van der Waals surface area contributed by atoms with Crippen LogP contribution < -0.4 is 10.6 Å². The Morgan fingerprint density at radius 2 is 1.91 bits per heavy atom. The van der Waals surface area contributed by atoms with Crippen LogP contribution in [0.25, 0.3) is 0 Å². The number of amides is 2. The van der Waals surface area contributed by atoms with Crippen molar-refractivity contribution >= 4 is 11.8 Å². The molecule has 1 heterocycles. The van der Waals surface area contributed by atoms with Crippen LogP contribution in [0.15, 0.2) is 48.9 Å². The highest BCUT2D eigenvalue weighted by Crippen LogP contribution is 2.55. The number of aliphatic hydroxyl groups is 1. The largest absolute Gasteiger partial charge is 0.392 e. The maximum absolute atomic E-state index is 13.0. The lowest BCUT2D eigenvalue weighted by atomic mass is 9.51. The highest BCUT2D eigenvalue weighted by atomic mass is 16.3. The highest BCUT2D eigenvalue weighted by Gasteiger charge is 2.53. The zero-order valence-electron chi connectivity index (χ0n) is 20.3. The van der Waals surface area contributed by atoms with Gasteiger partial charge in [-0.25, -0.2) is 4.98 Å². The van der Waals surface area contributed by atoms with E-state index in [-0.39, 0.29) is 46.9 Å². The summed E-state index contributed by atoms with van der Waals surface area (Å²) in [5.74, 6) is -0.555. The molecule has 34 heavy (non-hydrogen) atoms. The average molecular weight is 465 g/mol. The van der Waals surface area contributed by atoms with Gasteiger partial charge in [0.2, 0.25) is 5.91 Å². The van der Waals surface area contributed by atoms with E-state index < -0.39 is 6.10 Å². The highest BCUT2D eigenvalue weighted by molar-refractivity contribution is 5.92. The van der Waals surface area contributed by atoms with Crippen LogP contribution in [0.5, 0.6) is 0 Å². The lowest BCUT2D eigenvalue weighted by molar-refractivity contribution is -0.142. The molecular weight excluding hydrogens is 428 g/mol. The van der Waals surface area contributed by atoms with Gasteiger partial charge in [0.25, 0.3) is 5.91 Å². The second-order valence-corrected chi connectivity index (χ2v) is 10.4. The van der Waals surface area contributed by atoms with E-state index in [1.54, 1.807) is 6.20 Å². The number of rotatable bonds is 6. The fourth-order valence-corrected chi connectivity index (χ4v) is 6.30. The maximum atomic E-state index is 13.0. The SMILES string of the molecule is C[C@@H]1[C@@H]2[C@@H](O)[C@@H]([C@H](C)C(=O)NCc3ccccc3)CC[C@]2(C)CC[C@@H]1NC(=O)c1cnccn1. The van der Waals surface area contributed by atoms with Gasteiger partial charge in [-0.05, 0) is 54.4 Å². The van der Waals surface area contributed by atoms with E-state index in [4.69, 9.17) is 0 Å². The summed E-state index contributed by atoms with van der Waals surface area (Å²) < 4.78 is 0. The number of hydrogen-bond acceptors (Lipinski definition) is 5. The zero-order chi connectivity index (χ0) is 24.3. The first-order valence-electron chi connectivity index (χ1n) is 12.4. The van der Waals surface area contributed by atoms with E-state index in [1.807, 2.05) is 37.3 Å². The topological polar surface area (TPSA) is 104 Å². The van der Waals surface area contributed by atoms with Gasteiger partial charge in [-0.15, -0.1) is 0 Å². The van der Waals surface area contributed by atoms with Crippen LogP contribution in [0.3, 0.4) is 0 Å². The van der Waals surface area contributed by atoms with Crippen LogP contribution in [0, 0.1) is 29.1 Å². The fraction of sp³-hybridized carbons (Fsp3) is 0.556. The normalized spacial score (nSPS) is 31.7. The number of fused-ring (bicyclic) bond motifs is 1. The molecule has 2 aromatic rings. The summed E-state index contributed by atoms with van der Waals surface area (Å²) in [5, 5.41) is 17.7. The summed E-state index contributed by atoms with van der Waals surface area (Å²) >= 11 is 0. The van der Waals surface area contributed by atoms with Crippen LogP contribution >= 0.6 is 0 Å². The van der Waals surface area contributed by atoms with Gasteiger partial charge < -0.3 is 15.7 Å². The fourth-order valence-electron chi connectivity index (χ4n) is 6.30. The van der Waals surface area contributed by atoms with Crippen molar-refractivity contribution in [2.75, 3.05) is 0 Å². The third kappa shape index (κ3) is 4.99. The molecule has 2 aliphatic rings. The summed E-state index contributed by atoms with van der Waals surface area (Å²) in [5.41, 5.74) is 1.36. The van der Waals surface area contributed by atoms with Gasteiger partial charge in [-0.2, -0.15) is 0 Å². The smallest absolute Gasteiger partial charge is 0.271 e. The molecular formula is C27H36N4O3. The van der Waals surface area contributed by atoms with Crippen molar-refractivity contribution < 1.29 is 14.7 Å². The Hall–Kier alpha value is -2.80. The second kappa shape index (κ2) is 10.2. The first-order valence-corrected chi connectivity index (χ1v) is 12.4. The first kappa shape index (κ1) is 24.3. The molecule has 1 aromatic carbocycles. The van der Waals surface area contributed by atoms with Gasteiger partial charge in [-0.1, -0.05) is 51.1 Å². The van der Waals surface area contributed by atoms with Crippen LogP contribution in [-0.2, 0) is 11.3 Å². The van der Waals surface area contributed by atoms with Crippen molar-refractivity contribution in [3.8, 4) is 0 Å². The molecule has 2 amide bonds. The summed E-state index contributed by atoms with van der Waals surface area (Å²) in [6.07, 6.45) is 7.53. The van der Waals surface area contributed by atoms with Gasteiger partial charge in [0, 0.05) is 30.9 Å². The van der Waals surface area contributed by atoms with E-state index in [0.29, 0.717) is 12.2 Å². The first-order chi connectivity index (χ1) is 16.3. The number of nitrogens with zero attached hydrogens (tertiary/aromatic N) is 2. The molecule has 0 aliphatic heterocycles. The molecule has 0 radical (unpaired) electrons. The molecule has 0 saturated heterocycles. The molecule has 7 heteroatoms. The molecule has 3 N–H and O–H groups in total. The van der Waals surface area contributed by atoms with Crippen molar-refractivity contribution in [2.45, 2.75) is 65.1 Å². The average Bonchev–Trinajstić information content (AvgIpc) is 2.85. The van der Waals surface area contributed by atoms with Gasteiger partial charge >= 0.3 is 0 Å². The predicted molar refractivity (Wildman–Crippen MR) is 129 cm³/mol. The van der Waals surface area contributed by atoms with E-state index in [0.717, 1.165) is 31.2 Å². The van der Waals surface area contributed by atoms with Gasteiger partial charge in [0.1, 0.15) is 5.69 Å². The minimum absolute atomic E-state index is 0.00332. The van der Waals surface area contributed by atoms with E-state index >= 15 is 0 Å². The third-order valence-electron chi connectivity index (χ3n) is 8.37. The molecule has 0 unspecified atom stereocenters. The molecule has 2 fully saturated rings. The lowest BCUT2D eigenvalue weighted by Gasteiger charge is -2.56. The number of nitrogens with one attached hydrogen (secondary N) is 2. The summed E-state index contributed by atoms with van der Waals surface area (Å²) in [6, 6.07) is 9.80. The number of carbonyl (C=O) groups excluding carboxylic acids is 2. The minimum Gasteiger partial charge on any atom is -0.392 e. The van der Waals surface area contributed by atoms with Crippen LogP contribution in [0.2, 0.25) is 0 Å². The summed E-state index contributed by atoms with van der Waals surface area (Å²) in [7, 11) is 0. The van der Waals surface area contributed by atoms with Crippen molar-refractivity contribution in [1.29, 1.82) is 0 Å². The summed E-state index contributed by atoms with van der Waals surface area (Å²) in [6.45, 7) is 6.79. The molecule has 2 aliphatic carbocycles. The molecule has 0 bridgehead atoms. The van der Waals surface area contributed by atoms with Crippen molar-refractivity contribution in [3.63, 3.8) is 0 Å². The Balaban J connectivity index is 1.42. The Bertz CT molecular complexity index is 986. The minimum atomic E-state index is -0.595. The van der Waals surface area contributed by atoms with Crippen LogP contribution in [-0.4, -0.2) is 39.0 Å². The second-order valence-electron chi connectivity index (χ2n) is 10.4. The molecule has 182 valence electrons. The summed E-state index contributed by atoms with van der Waals surface area (Å²) in [4.78, 5) is 33.7. The van der Waals surface area contributed by atoms with Crippen LogP contribution in [0.1, 0.15) is 62.5 Å². The lowest BCUT2D eigenvalue weighted by Crippen LogP contribution is -2.58.